The van der Waals surface area contributed by atoms with Gasteiger partial charge in [-0.25, -0.2) is 4.79 Å². The fraction of sp³-hybridized carbons (Fsp3) is 0.733. The first-order chi connectivity index (χ1) is 10.6. The third-order valence-electron chi connectivity index (χ3n) is 3.23. The molecule has 23 heavy (non-hydrogen) atoms. The summed E-state index contributed by atoms with van der Waals surface area (Å²) < 4.78 is 4.78. The summed E-state index contributed by atoms with van der Waals surface area (Å²) in [6.45, 7) is 8.14. The molecule has 3 atom stereocenters. The minimum Gasteiger partial charge on any atom is -0.480 e. The van der Waals surface area contributed by atoms with Gasteiger partial charge in [0.25, 0.3) is 0 Å². The van der Waals surface area contributed by atoms with Crippen molar-refractivity contribution in [1.82, 2.24) is 10.6 Å². The Balaban J connectivity index is 4.97. The molecule has 0 unspecified atom stereocenters. The lowest BCUT2D eigenvalue weighted by Gasteiger charge is -2.26. The second kappa shape index (κ2) is 9.81. The van der Waals surface area contributed by atoms with E-state index in [1.54, 1.807) is 27.7 Å². The molecule has 0 rings (SSSR count). The van der Waals surface area contributed by atoms with Gasteiger partial charge < -0.3 is 20.5 Å². The number of carbonyl (C=O) groups excluding carboxylic acids is 3. The molecule has 0 aromatic carbocycles. The lowest BCUT2D eigenvalue weighted by molar-refractivity contribution is -0.147. The van der Waals surface area contributed by atoms with Crippen molar-refractivity contribution in [1.29, 1.82) is 0 Å². The number of hydrogen-bond acceptors (Lipinski definition) is 5. The highest BCUT2D eigenvalue weighted by Crippen LogP contribution is 2.12. The van der Waals surface area contributed by atoms with E-state index < -0.39 is 35.8 Å². The lowest BCUT2D eigenvalue weighted by Crippen LogP contribution is -2.55. The standard InChI is InChI=1S/C15H26N2O6/c1-6-23-11(19)7-9(4)13(15(21)22)17-14(20)12(8(2)3)16-10(5)18/h8-9,12-13H,6-7H2,1-5H3,(H,16,18)(H,17,20)(H,21,22)/t9-,12+,13-/m0/s1. The topological polar surface area (TPSA) is 122 Å². The number of carboxylic acid groups (broad SMARTS) is 1. The van der Waals surface area contributed by atoms with Gasteiger partial charge in [-0.15, -0.1) is 0 Å². The second-order valence-corrected chi connectivity index (χ2v) is 5.73. The number of hydrogen-bond donors (Lipinski definition) is 3. The highest BCUT2D eigenvalue weighted by atomic mass is 16.5. The van der Waals surface area contributed by atoms with E-state index in [-0.39, 0.29) is 24.9 Å². The molecule has 0 aliphatic rings. The second-order valence-electron chi connectivity index (χ2n) is 5.73. The largest absolute Gasteiger partial charge is 0.480 e. The first-order valence-corrected chi connectivity index (χ1v) is 7.56. The predicted molar refractivity (Wildman–Crippen MR) is 82.4 cm³/mol. The molecule has 2 amide bonds. The molecule has 0 aliphatic heterocycles. The molecule has 0 aromatic rings. The maximum atomic E-state index is 12.2. The van der Waals surface area contributed by atoms with E-state index in [1.165, 1.54) is 6.92 Å². The quantitative estimate of drug-likeness (QED) is 0.523. The number of ether oxygens (including phenoxy) is 1. The summed E-state index contributed by atoms with van der Waals surface area (Å²) in [5, 5.41) is 14.2. The molecule has 0 bridgehead atoms. The van der Waals surface area contributed by atoms with Gasteiger partial charge in [0.05, 0.1) is 13.0 Å². The van der Waals surface area contributed by atoms with Crippen molar-refractivity contribution in [3.05, 3.63) is 0 Å². The predicted octanol–water partition coefficient (Wildman–Crippen LogP) is 0.306. The van der Waals surface area contributed by atoms with Crippen LogP contribution in [0.25, 0.3) is 0 Å². The van der Waals surface area contributed by atoms with Gasteiger partial charge in [-0.3, -0.25) is 14.4 Å². The third-order valence-corrected chi connectivity index (χ3v) is 3.23. The molecule has 0 radical (unpaired) electrons. The van der Waals surface area contributed by atoms with Crippen LogP contribution < -0.4 is 10.6 Å². The van der Waals surface area contributed by atoms with Crippen molar-refractivity contribution in [2.45, 2.75) is 53.1 Å². The molecule has 0 spiro atoms. The zero-order chi connectivity index (χ0) is 18.2. The Bertz CT molecular complexity index is 449. The van der Waals surface area contributed by atoms with Gasteiger partial charge in [-0.05, 0) is 18.8 Å². The summed E-state index contributed by atoms with van der Waals surface area (Å²) in [6, 6.07) is -2.09. The number of carboxylic acids is 1. The first-order valence-electron chi connectivity index (χ1n) is 7.56. The SMILES string of the molecule is CCOC(=O)C[C@H](C)[C@H](NC(=O)[C@H](NC(C)=O)C(C)C)C(=O)O. The molecule has 0 aliphatic carbocycles. The zero-order valence-corrected chi connectivity index (χ0v) is 14.2. The molecule has 8 nitrogen and oxygen atoms in total. The maximum Gasteiger partial charge on any atom is 0.326 e. The third kappa shape index (κ3) is 7.62. The van der Waals surface area contributed by atoms with Gasteiger partial charge >= 0.3 is 11.9 Å². The van der Waals surface area contributed by atoms with E-state index in [9.17, 15) is 24.3 Å². The molecule has 8 heteroatoms. The summed E-state index contributed by atoms with van der Waals surface area (Å²) in [5.74, 6) is -3.62. The van der Waals surface area contributed by atoms with E-state index in [2.05, 4.69) is 10.6 Å². The van der Waals surface area contributed by atoms with Crippen LogP contribution in [0.4, 0.5) is 0 Å². The van der Waals surface area contributed by atoms with Crippen LogP contribution in [-0.2, 0) is 23.9 Å². The van der Waals surface area contributed by atoms with Crippen molar-refractivity contribution < 1.29 is 29.0 Å². The first kappa shape index (κ1) is 20.9. The molecule has 0 saturated carbocycles. The average Bonchev–Trinajstić information content (AvgIpc) is 2.40. The van der Waals surface area contributed by atoms with E-state index in [0.29, 0.717) is 0 Å². The van der Waals surface area contributed by atoms with Crippen molar-refractivity contribution in [3.8, 4) is 0 Å². The Morgan fingerprint density at radius 2 is 1.61 bits per heavy atom. The summed E-state index contributed by atoms with van der Waals surface area (Å²) in [4.78, 5) is 46.3. The summed E-state index contributed by atoms with van der Waals surface area (Å²) in [6.07, 6.45) is -0.127. The molecule has 0 fully saturated rings. The Hall–Kier alpha value is -2.12. The molecular weight excluding hydrogens is 304 g/mol. The average molecular weight is 330 g/mol. The summed E-state index contributed by atoms with van der Waals surface area (Å²) in [5.41, 5.74) is 0. The number of nitrogens with one attached hydrogen (secondary N) is 2. The summed E-state index contributed by atoms with van der Waals surface area (Å²) in [7, 11) is 0. The lowest BCUT2D eigenvalue weighted by atomic mass is 9.96. The van der Waals surface area contributed by atoms with Crippen molar-refractivity contribution in [3.63, 3.8) is 0 Å². The van der Waals surface area contributed by atoms with Gasteiger partial charge in [0.2, 0.25) is 11.8 Å². The monoisotopic (exact) mass is 330 g/mol. The van der Waals surface area contributed by atoms with Crippen molar-refractivity contribution >= 4 is 23.8 Å². The fourth-order valence-electron chi connectivity index (χ4n) is 2.05. The number of amides is 2. The highest BCUT2D eigenvalue weighted by Gasteiger charge is 2.32. The zero-order valence-electron chi connectivity index (χ0n) is 14.2. The minimum atomic E-state index is -1.25. The Kier molecular flexibility index (Phi) is 8.90. The smallest absolute Gasteiger partial charge is 0.326 e. The van der Waals surface area contributed by atoms with Crippen LogP contribution in [0.5, 0.6) is 0 Å². The van der Waals surface area contributed by atoms with Gasteiger partial charge in [-0.1, -0.05) is 20.8 Å². The highest BCUT2D eigenvalue weighted by molar-refractivity contribution is 5.90. The van der Waals surface area contributed by atoms with Gasteiger partial charge in [0.15, 0.2) is 0 Å². The van der Waals surface area contributed by atoms with Crippen LogP contribution in [0.2, 0.25) is 0 Å². The molecule has 0 aromatic heterocycles. The number of aliphatic carboxylic acids is 1. The van der Waals surface area contributed by atoms with Crippen LogP contribution in [-0.4, -0.2) is 47.6 Å². The molecule has 0 heterocycles. The summed E-state index contributed by atoms with van der Waals surface area (Å²) >= 11 is 0. The number of rotatable bonds is 9. The molecule has 0 saturated heterocycles. The van der Waals surface area contributed by atoms with E-state index in [1.807, 2.05) is 0 Å². The van der Waals surface area contributed by atoms with Crippen molar-refractivity contribution in [2.24, 2.45) is 11.8 Å². The Labute approximate surface area is 136 Å². The Morgan fingerprint density at radius 3 is 2.00 bits per heavy atom. The van der Waals surface area contributed by atoms with Crippen LogP contribution in [0, 0.1) is 11.8 Å². The van der Waals surface area contributed by atoms with E-state index >= 15 is 0 Å². The number of carbonyl (C=O) groups is 4. The normalized spacial score (nSPS) is 14.5. The number of esters is 1. The van der Waals surface area contributed by atoms with E-state index in [0.717, 1.165) is 0 Å². The van der Waals surface area contributed by atoms with Gasteiger partial charge in [0.1, 0.15) is 12.1 Å². The molecular formula is C15H26N2O6. The van der Waals surface area contributed by atoms with Crippen LogP contribution in [0.15, 0.2) is 0 Å². The molecule has 132 valence electrons. The minimum absolute atomic E-state index is 0.127. The van der Waals surface area contributed by atoms with Crippen LogP contribution in [0.1, 0.15) is 41.0 Å². The van der Waals surface area contributed by atoms with Crippen LogP contribution >= 0.6 is 0 Å². The maximum absolute atomic E-state index is 12.2. The fourth-order valence-corrected chi connectivity index (χ4v) is 2.05. The molecule has 3 N–H and O–H groups in total. The van der Waals surface area contributed by atoms with E-state index in [4.69, 9.17) is 4.74 Å². The van der Waals surface area contributed by atoms with Gasteiger partial charge in [0, 0.05) is 6.92 Å². The van der Waals surface area contributed by atoms with Crippen LogP contribution in [0.3, 0.4) is 0 Å². The van der Waals surface area contributed by atoms with Gasteiger partial charge in [-0.2, -0.15) is 0 Å². The Morgan fingerprint density at radius 1 is 1.04 bits per heavy atom. The van der Waals surface area contributed by atoms with Crippen molar-refractivity contribution in [2.75, 3.05) is 6.61 Å².